The van der Waals surface area contributed by atoms with E-state index in [4.69, 9.17) is 0 Å². The van der Waals surface area contributed by atoms with Crippen molar-refractivity contribution in [2.45, 2.75) is 12.8 Å². The van der Waals surface area contributed by atoms with Crippen molar-refractivity contribution in [3.8, 4) is 0 Å². The Labute approximate surface area is 119 Å². The highest BCUT2D eigenvalue weighted by molar-refractivity contribution is 7.94. The largest absolute Gasteiger partial charge is 0.323 e. The highest BCUT2D eigenvalue weighted by atomic mass is 32.2. The maximum atomic E-state index is 12.5. The molecule has 3 rings (SSSR count). The molecule has 4 nitrogen and oxygen atoms in total. The lowest BCUT2D eigenvalue weighted by atomic mass is 10.0. The van der Waals surface area contributed by atoms with Crippen LogP contribution in [0, 0.1) is 0 Å². The minimum Gasteiger partial charge on any atom is -0.267 e. The lowest BCUT2D eigenvalue weighted by Gasteiger charge is -2.30. The molecule has 1 aliphatic rings. The molecule has 20 heavy (non-hydrogen) atoms. The Hall–Kier alpha value is -2.01. The summed E-state index contributed by atoms with van der Waals surface area (Å²) < 4.78 is 29.1. The first-order valence-electron chi connectivity index (χ1n) is 6.60. The maximum absolute atomic E-state index is 12.5. The first-order chi connectivity index (χ1) is 9.67. The number of para-hydroxylation sites is 2. The Morgan fingerprint density at radius 3 is 2.45 bits per heavy atom. The van der Waals surface area contributed by atoms with Crippen LogP contribution in [0.4, 0.5) is 11.4 Å². The third kappa shape index (κ3) is 2.49. The fraction of sp³-hybridized carbons (Fsp3) is 0.200. The van der Waals surface area contributed by atoms with Crippen molar-refractivity contribution in [1.82, 2.24) is 0 Å². The van der Waals surface area contributed by atoms with E-state index in [-0.39, 0.29) is 0 Å². The number of nitrogens with one attached hydrogen (secondary N) is 1. The molecular formula is C15H16N2O2S. The summed E-state index contributed by atoms with van der Waals surface area (Å²) in [6, 6.07) is 16.6. The molecule has 0 unspecified atom stereocenters. The molecule has 0 amide bonds. The first kappa shape index (κ1) is 13.0. The van der Waals surface area contributed by atoms with Crippen molar-refractivity contribution in [3.05, 3.63) is 60.2 Å². The van der Waals surface area contributed by atoms with Crippen LogP contribution in [0.1, 0.15) is 12.0 Å². The van der Waals surface area contributed by atoms with Crippen LogP contribution in [-0.4, -0.2) is 15.0 Å². The van der Waals surface area contributed by atoms with E-state index in [9.17, 15) is 8.42 Å². The summed E-state index contributed by atoms with van der Waals surface area (Å²) in [4.78, 5) is 0. The number of hydrogen-bond acceptors (Lipinski definition) is 2. The summed E-state index contributed by atoms with van der Waals surface area (Å²) >= 11 is 0. The molecule has 0 bridgehead atoms. The summed E-state index contributed by atoms with van der Waals surface area (Å²) in [6.07, 6.45) is 1.76. The van der Waals surface area contributed by atoms with Gasteiger partial charge in [0.1, 0.15) is 0 Å². The van der Waals surface area contributed by atoms with E-state index < -0.39 is 10.2 Å². The molecule has 0 saturated carbocycles. The topological polar surface area (TPSA) is 49.4 Å². The fourth-order valence-electron chi connectivity index (χ4n) is 2.46. The van der Waals surface area contributed by atoms with Crippen molar-refractivity contribution >= 4 is 21.6 Å². The van der Waals surface area contributed by atoms with E-state index >= 15 is 0 Å². The molecule has 2 aromatic rings. The van der Waals surface area contributed by atoms with Gasteiger partial charge in [0, 0.05) is 6.54 Å². The van der Waals surface area contributed by atoms with Gasteiger partial charge in [0.25, 0.3) is 0 Å². The van der Waals surface area contributed by atoms with Crippen LogP contribution in [0.15, 0.2) is 54.6 Å². The van der Waals surface area contributed by atoms with Gasteiger partial charge in [0.05, 0.1) is 11.4 Å². The van der Waals surface area contributed by atoms with Gasteiger partial charge in [0.2, 0.25) is 0 Å². The molecule has 104 valence electrons. The minimum atomic E-state index is -3.57. The summed E-state index contributed by atoms with van der Waals surface area (Å²) in [5, 5.41) is 0. The second-order valence-corrected chi connectivity index (χ2v) is 6.37. The smallest absolute Gasteiger partial charge is 0.267 e. The van der Waals surface area contributed by atoms with E-state index in [1.807, 2.05) is 42.5 Å². The van der Waals surface area contributed by atoms with Crippen LogP contribution >= 0.6 is 0 Å². The van der Waals surface area contributed by atoms with Crippen LogP contribution in [0.25, 0.3) is 0 Å². The second kappa shape index (κ2) is 5.17. The number of nitrogens with zero attached hydrogens (tertiary/aromatic N) is 1. The van der Waals surface area contributed by atoms with Gasteiger partial charge in [0.15, 0.2) is 0 Å². The Morgan fingerprint density at radius 1 is 0.950 bits per heavy atom. The van der Waals surface area contributed by atoms with E-state index in [2.05, 4.69) is 4.72 Å². The molecule has 0 radical (unpaired) electrons. The van der Waals surface area contributed by atoms with Gasteiger partial charge in [-0.1, -0.05) is 36.4 Å². The Balaban J connectivity index is 1.93. The Kier molecular flexibility index (Phi) is 3.36. The number of aryl methyl sites for hydroxylation is 1. The van der Waals surface area contributed by atoms with E-state index in [1.54, 1.807) is 12.1 Å². The molecule has 0 fully saturated rings. The molecule has 0 spiro atoms. The van der Waals surface area contributed by atoms with E-state index in [1.165, 1.54) is 4.31 Å². The van der Waals surface area contributed by atoms with Gasteiger partial charge in [-0.15, -0.1) is 0 Å². The van der Waals surface area contributed by atoms with Crippen LogP contribution in [0.2, 0.25) is 0 Å². The van der Waals surface area contributed by atoms with Gasteiger partial charge in [-0.05, 0) is 36.6 Å². The van der Waals surface area contributed by atoms with Crippen molar-refractivity contribution in [2.75, 3.05) is 15.6 Å². The highest BCUT2D eigenvalue weighted by Gasteiger charge is 2.26. The van der Waals surface area contributed by atoms with Gasteiger partial charge in [-0.25, -0.2) is 0 Å². The van der Waals surface area contributed by atoms with Gasteiger partial charge in [-0.2, -0.15) is 8.42 Å². The average Bonchev–Trinajstić information content (AvgIpc) is 2.47. The summed E-state index contributed by atoms with van der Waals surface area (Å²) in [6.45, 7) is 0.513. The maximum Gasteiger partial charge on any atom is 0.323 e. The van der Waals surface area contributed by atoms with Gasteiger partial charge < -0.3 is 0 Å². The molecule has 2 aromatic carbocycles. The number of benzene rings is 2. The monoisotopic (exact) mass is 288 g/mol. The molecule has 1 aliphatic heterocycles. The first-order valence-corrected chi connectivity index (χ1v) is 8.04. The quantitative estimate of drug-likeness (QED) is 0.944. The molecular weight excluding hydrogens is 272 g/mol. The van der Waals surface area contributed by atoms with Crippen molar-refractivity contribution in [3.63, 3.8) is 0 Å². The average molecular weight is 288 g/mol. The molecule has 1 N–H and O–H groups in total. The zero-order valence-corrected chi connectivity index (χ0v) is 11.8. The molecule has 0 aromatic heterocycles. The molecule has 1 heterocycles. The van der Waals surface area contributed by atoms with Crippen molar-refractivity contribution < 1.29 is 8.42 Å². The highest BCUT2D eigenvalue weighted by Crippen LogP contribution is 2.29. The van der Waals surface area contributed by atoms with Gasteiger partial charge in [-0.3, -0.25) is 9.03 Å². The number of anilines is 2. The SMILES string of the molecule is O=S(=O)(Nc1ccccc1)N1CCCc2ccccc21. The minimum absolute atomic E-state index is 0.513. The predicted molar refractivity (Wildman–Crippen MR) is 81.1 cm³/mol. The predicted octanol–water partition coefficient (Wildman–Crippen LogP) is 2.80. The number of rotatable bonds is 3. The standard InChI is InChI=1S/C15H16N2O2S/c18-20(19,16-14-9-2-1-3-10-14)17-12-6-8-13-7-4-5-11-15(13)17/h1-5,7,9-11,16H,6,8,12H2. The van der Waals surface area contributed by atoms with Crippen molar-refractivity contribution in [2.24, 2.45) is 0 Å². The zero-order chi connectivity index (χ0) is 14.0. The zero-order valence-electron chi connectivity index (χ0n) is 11.0. The lowest BCUT2D eigenvalue weighted by molar-refractivity contribution is 0.592. The Bertz CT molecular complexity index is 699. The van der Waals surface area contributed by atoms with Crippen LogP contribution in [-0.2, 0) is 16.6 Å². The third-order valence-corrected chi connectivity index (χ3v) is 4.83. The third-order valence-electron chi connectivity index (χ3n) is 3.38. The normalized spacial score (nSPS) is 14.7. The van der Waals surface area contributed by atoms with Gasteiger partial charge >= 0.3 is 10.2 Å². The summed E-state index contributed by atoms with van der Waals surface area (Å²) in [7, 11) is -3.57. The van der Waals surface area contributed by atoms with E-state index in [0.29, 0.717) is 12.2 Å². The molecule has 5 heteroatoms. The number of hydrogen-bond donors (Lipinski definition) is 1. The fourth-order valence-corrected chi connectivity index (χ4v) is 3.81. The summed E-state index contributed by atoms with van der Waals surface area (Å²) in [5.41, 5.74) is 2.44. The molecule has 0 saturated heterocycles. The van der Waals surface area contributed by atoms with Crippen molar-refractivity contribution in [1.29, 1.82) is 0 Å². The molecule has 0 atom stereocenters. The van der Waals surface area contributed by atoms with Crippen LogP contribution in [0.3, 0.4) is 0 Å². The van der Waals surface area contributed by atoms with Crippen LogP contribution in [0.5, 0.6) is 0 Å². The van der Waals surface area contributed by atoms with Crippen LogP contribution < -0.4 is 9.03 Å². The lowest BCUT2D eigenvalue weighted by Crippen LogP contribution is -2.39. The Morgan fingerprint density at radius 2 is 1.65 bits per heavy atom. The molecule has 0 aliphatic carbocycles. The summed E-state index contributed by atoms with van der Waals surface area (Å²) in [5.74, 6) is 0. The number of fused-ring (bicyclic) bond motifs is 1. The second-order valence-electron chi connectivity index (χ2n) is 4.78. The van der Waals surface area contributed by atoms with E-state index in [0.717, 1.165) is 24.1 Å².